The third kappa shape index (κ3) is 3.99. The first kappa shape index (κ1) is 19.2. The predicted molar refractivity (Wildman–Crippen MR) is 110 cm³/mol. The number of aryl methyl sites for hydroxylation is 1. The molecule has 10 heteroatoms. The minimum absolute atomic E-state index is 0.143. The molecule has 1 aliphatic heterocycles. The SMILES string of the molecule is O=C(Cn1nc2n(c1=O)CCCCC2)Nc1nc(-c2ccc(Cl)cc2Cl)cs1. The van der Waals surface area contributed by atoms with Crippen LogP contribution >= 0.6 is 34.5 Å². The molecule has 0 saturated carbocycles. The Morgan fingerprint density at radius 2 is 2.11 bits per heavy atom. The number of halogens is 2. The van der Waals surface area contributed by atoms with Crippen LogP contribution in [0.15, 0.2) is 28.4 Å². The van der Waals surface area contributed by atoms with Gasteiger partial charge < -0.3 is 5.32 Å². The number of nitrogens with zero attached hydrogens (tertiary/aromatic N) is 4. The Morgan fingerprint density at radius 1 is 1.25 bits per heavy atom. The number of nitrogens with one attached hydrogen (secondary N) is 1. The maximum absolute atomic E-state index is 12.5. The molecule has 0 saturated heterocycles. The second kappa shape index (κ2) is 8.06. The van der Waals surface area contributed by atoms with E-state index in [9.17, 15) is 9.59 Å². The van der Waals surface area contributed by atoms with Gasteiger partial charge in [-0.2, -0.15) is 5.10 Å². The van der Waals surface area contributed by atoms with Gasteiger partial charge >= 0.3 is 5.69 Å². The molecule has 3 aromatic rings. The van der Waals surface area contributed by atoms with Gasteiger partial charge in [0.2, 0.25) is 5.91 Å². The van der Waals surface area contributed by atoms with E-state index in [1.54, 1.807) is 28.1 Å². The molecule has 4 rings (SSSR count). The molecular weight excluding hydrogens is 421 g/mol. The molecule has 0 atom stereocenters. The third-order valence-corrected chi connectivity index (χ3v) is 5.84. The first-order valence-electron chi connectivity index (χ1n) is 8.88. The van der Waals surface area contributed by atoms with Crippen LogP contribution in [-0.4, -0.2) is 25.2 Å². The zero-order chi connectivity index (χ0) is 19.7. The van der Waals surface area contributed by atoms with E-state index < -0.39 is 0 Å². The molecular formula is C18H17Cl2N5O2S. The Kier molecular flexibility index (Phi) is 5.52. The summed E-state index contributed by atoms with van der Waals surface area (Å²) in [6.45, 7) is 0.517. The van der Waals surface area contributed by atoms with Crippen LogP contribution in [0.2, 0.25) is 10.0 Å². The number of fused-ring (bicyclic) bond motifs is 1. The molecule has 2 aromatic heterocycles. The number of benzene rings is 1. The van der Waals surface area contributed by atoms with Crippen LogP contribution in [0.3, 0.4) is 0 Å². The van der Waals surface area contributed by atoms with E-state index in [1.165, 1.54) is 16.0 Å². The van der Waals surface area contributed by atoms with Crippen molar-refractivity contribution in [2.24, 2.45) is 0 Å². The van der Waals surface area contributed by atoms with E-state index in [-0.39, 0.29) is 18.1 Å². The fourth-order valence-corrected chi connectivity index (χ4v) is 4.41. The number of amides is 1. The fourth-order valence-electron chi connectivity index (χ4n) is 3.18. The molecule has 1 aromatic carbocycles. The molecule has 28 heavy (non-hydrogen) atoms. The molecule has 7 nitrogen and oxygen atoms in total. The van der Waals surface area contributed by atoms with Gasteiger partial charge in [0.1, 0.15) is 12.4 Å². The maximum atomic E-state index is 12.5. The van der Waals surface area contributed by atoms with Crippen molar-refractivity contribution in [2.75, 3.05) is 5.32 Å². The number of rotatable bonds is 4. The highest BCUT2D eigenvalue weighted by Gasteiger charge is 2.18. The Hall–Kier alpha value is -2.16. The molecule has 1 N–H and O–H groups in total. The summed E-state index contributed by atoms with van der Waals surface area (Å²) in [5.74, 6) is 0.405. The second-order valence-electron chi connectivity index (χ2n) is 6.53. The lowest BCUT2D eigenvalue weighted by atomic mass is 10.2. The average molecular weight is 438 g/mol. The molecule has 0 bridgehead atoms. The van der Waals surface area contributed by atoms with Crippen molar-refractivity contribution in [3.05, 3.63) is 49.9 Å². The molecule has 146 valence electrons. The van der Waals surface area contributed by atoms with Crippen LogP contribution < -0.4 is 11.0 Å². The van der Waals surface area contributed by atoms with Crippen LogP contribution in [-0.2, 0) is 24.3 Å². The van der Waals surface area contributed by atoms with Crippen LogP contribution in [0.25, 0.3) is 11.3 Å². The zero-order valence-corrected chi connectivity index (χ0v) is 17.1. The first-order valence-corrected chi connectivity index (χ1v) is 10.5. The quantitative estimate of drug-likeness (QED) is 0.671. The molecule has 0 spiro atoms. The van der Waals surface area contributed by atoms with Gasteiger partial charge in [0.25, 0.3) is 0 Å². The zero-order valence-electron chi connectivity index (χ0n) is 14.8. The van der Waals surface area contributed by atoms with Crippen molar-refractivity contribution in [2.45, 2.75) is 38.8 Å². The molecule has 0 radical (unpaired) electrons. The Morgan fingerprint density at radius 3 is 2.93 bits per heavy atom. The van der Waals surface area contributed by atoms with Crippen LogP contribution in [0, 0.1) is 0 Å². The lowest BCUT2D eigenvalue weighted by Crippen LogP contribution is -2.30. The maximum Gasteiger partial charge on any atom is 0.346 e. The summed E-state index contributed by atoms with van der Waals surface area (Å²) in [7, 11) is 0. The predicted octanol–water partition coefficient (Wildman–Crippen LogP) is 3.84. The summed E-state index contributed by atoms with van der Waals surface area (Å²) in [4.78, 5) is 29.2. The highest BCUT2D eigenvalue weighted by molar-refractivity contribution is 7.14. The van der Waals surface area contributed by atoms with Crippen molar-refractivity contribution >= 4 is 45.6 Å². The molecule has 0 aliphatic carbocycles. The van der Waals surface area contributed by atoms with Gasteiger partial charge in [-0.3, -0.25) is 9.36 Å². The number of hydrogen-bond acceptors (Lipinski definition) is 5. The Balaban J connectivity index is 1.46. The van der Waals surface area contributed by atoms with Crippen LogP contribution in [0.4, 0.5) is 5.13 Å². The number of aromatic nitrogens is 4. The van der Waals surface area contributed by atoms with Gasteiger partial charge in [0.15, 0.2) is 5.13 Å². The van der Waals surface area contributed by atoms with Crippen LogP contribution in [0.1, 0.15) is 25.1 Å². The van der Waals surface area contributed by atoms with E-state index in [4.69, 9.17) is 23.2 Å². The van der Waals surface area contributed by atoms with Crippen molar-refractivity contribution in [1.82, 2.24) is 19.3 Å². The standard InChI is InChI=1S/C18H17Cl2N5O2S/c19-11-5-6-12(13(20)8-11)14-10-28-17(21-14)22-16(26)9-25-18(27)24-7-3-1-2-4-15(24)23-25/h5-6,8,10H,1-4,7,9H2,(H,21,22,26). The summed E-state index contributed by atoms with van der Waals surface area (Å²) < 4.78 is 2.89. The largest absolute Gasteiger partial charge is 0.346 e. The number of hydrogen-bond donors (Lipinski definition) is 1. The minimum atomic E-state index is -0.349. The minimum Gasteiger partial charge on any atom is -0.300 e. The van der Waals surface area contributed by atoms with Gasteiger partial charge in [-0.25, -0.2) is 14.5 Å². The normalized spacial score (nSPS) is 13.8. The van der Waals surface area contributed by atoms with Crippen molar-refractivity contribution < 1.29 is 4.79 Å². The molecule has 3 heterocycles. The first-order chi connectivity index (χ1) is 13.5. The number of anilines is 1. The summed E-state index contributed by atoms with van der Waals surface area (Å²) in [6.07, 6.45) is 3.83. The topological polar surface area (TPSA) is 81.8 Å². The van der Waals surface area contributed by atoms with Crippen LogP contribution in [0.5, 0.6) is 0 Å². The summed E-state index contributed by atoms with van der Waals surface area (Å²) in [6, 6.07) is 5.16. The van der Waals surface area contributed by atoms with Gasteiger partial charge in [-0.05, 0) is 31.0 Å². The Labute approximate surface area is 174 Å². The Bertz CT molecular complexity index is 1090. The highest BCUT2D eigenvalue weighted by Crippen LogP contribution is 2.32. The van der Waals surface area contributed by atoms with Gasteiger partial charge in [0, 0.05) is 28.9 Å². The smallest absolute Gasteiger partial charge is 0.300 e. The van der Waals surface area contributed by atoms with Crippen molar-refractivity contribution in [3.63, 3.8) is 0 Å². The van der Waals surface area contributed by atoms with E-state index in [1.807, 2.05) is 0 Å². The van der Waals surface area contributed by atoms with E-state index in [2.05, 4.69) is 15.4 Å². The molecule has 1 amide bonds. The second-order valence-corrected chi connectivity index (χ2v) is 8.23. The van der Waals surface area contributed by atoms with Gasteiger partial charge in [-0.1, -0.05) is 29.6 Å². The molecule has 0 unspecified atom stereocenters. The van der Waals surface area contributed by atoms with Crippen molar-refractivity contribution in [1.29, 1.82) is 0 Å². The lowest BCUT2D eigenvalue weighted by molar-refractivity contribution is -0.117. The lowest BCUT2D eigenvalue weighted by Gasteiger charge is -2.02. The summed E-state index contributed by atoms with van der Waals surface area (Å²) in [5, 5.41) is 10.3. The summed E-state index contributed by atoms with van der Waals surface area (Å²) in [5.41, 5.74) is 1.14. The van der Waals surface area contributed by atoms with E-state index >= 15 is 0 Å². The van der Waals surface area contributed by atoms with E-state index in [0.29, 0.717) is 27.4 Å². The molecule has 1 aliphatic rings. The number of carbonyl (C=O) groups is 1. The third-order valence-electron chi connectivity index (χ3n) is 4.53. The summed E-state index contributed by atoms with van der Waals surface area (Å²) >= 11 is 13.4. The van der Waals surface area contributed by atoms with Crippen molar-refractivity contribution in [3.8, 4) is 11.3 Å². The monoisotopic (exact) mass is 437 g/mol. The van der Waals surface area contributed by atoms with Gasteiger partial charge in [-0.15, -0.1) is 11.3 Å². The highest BCUT2D eigenvalue weighted by atomic mass is 35.5. The number of carbonyl (C=O) groups excluding carboxylic acids is 1. The number of thiazole rings is 1. The fraction of sp³-hybridized carbons (Fsp3) is 0.333. The molecule has 0 fully saturated rings. The van der Waals surface area contributed by atoms with E-state index in [0.717, 1.165) is 37.1 Å². The average Bonchev–Trinajstić information content (AvgIpc) is 3.12. The van der Waals surface area contributed by atoms with Gasteiger partial charge in [0.05, 0.1) is 10.7 Å².